The number of carbonyl (C=O) groups is 2. The molecule has 0 spiro atoms. The van der Waals surface area contributed by atoms with Crippen molar-refractivity contribution in [2.75, 3.05) is 24.7 Å². The fraction of sp³-hybridized carbons (Fsp3) is 0.385. The van der Waals surface area contributed by atoms with E-state index < -0.39 is 5.97 Å². The number of rotatable bonds is 3. The molecule has 19 heavy (non-hydrogen) atoms. The second kappa shape index (κ2) is 5.60. The summed E-state index contributed by atoms with van der Waals surface area (Å²) in [6, 6.07) is 4.50. The predicted octanol–water partition coefficient (Wildman–Crippen LogP) is 0.746. The van der Waals surface area contributed by atoms with Gasteiger partial charge in [-0.15, -0.1) is 0 Å². The molecule has 1 aromatic carbocycles. The molecule has 1 fully saturated rings. The van der Waals surface area contributed by atoms with Crippen LogP contribution in [0.5, 0.6) is 0 Å². The molecule has 0 radical (unpaired) electrons. The number of hydrogen-bond acceptors (Lipinski definition) is 5. The number of amides is 1. The van der Waals surface area contributed by atoms with Gasteiger partial charge in [-0.1, -0.05) is 0 Å². The van der Waals surface area contributed by atoms with Gasteiger partial charge in [0.15, 0.2) is 0 Å². The van der Waals surface area contributed by atoms with E-state index in [1.807, 2.05) is 0 Å². The largest absolute Gasteiger partial charge is 0.465 e. The zero-order valence-corrected chi connectivity index (χ0v) is 10.7. The van der Waals surface area contributed by atoms with Crippen molar-refractivity contribution in [3.05, 3.63) is 23.8 Å². The second-order valence-corrected chi connectivity index (χ2v) is 4.42. The third-order valence-corrected chi connectivity index (χ3v) is 3.09. The summed E-state index contributed by atoms with van der Waals surface area (Å²) in [6.45, 7) is 0.703. The Kier molecular flexibility index (Phi) is 3.89. The lowest BCUT2D eigenvalue weighted by atomic mass is 10.1. The average Bonchev–Trinajstić information content (AvgIpc) is 2.42. The van der Waals surface area contributed by atoms with E-state index in [4.69, 9.17) is 5.73 Å². The molecule has 0 aliphatic carbocycles. The number of nitrogens with two attached hydrogens (primary N) is 1. The highest BCUT2D eigenvalue weighted by molar-refractivity contribution is 5.93. The van der Waals surface area contributed by atoms with Gasteiger partial charge >= 0.3 is 5.97 Å². The third-order valence-electron chi connectivity index (χ3n) is 3.09. The summed E-state index contributed by atoms with van der Waals surface area (Å²) in [5.41, 5.74) is 7.31. The standard InChI is InChI=1S/C13H17N3O3/c1-19-13(18)8-4-5-9(14)11(7-8)16-10-3-2-6-15-12(10)17/h4-5,7,10,16H,2-3,6,14H2,1H3,(H,15,17). The second-order valence-electron chi connectivity index (χ2n) is 4.42. The molecule has 1 aliphatic heterocycles. The summed E-state index contributed by atoms with van der Waals surface area (Å²) in [4.78, 5) is 23.1. The minimum Gasteiger partial charge on any atom is -0.465 e. The van der Waals surface area contributed by atoms with Crippen LogP contribution in [0.2, 0.25) is 0 Å². The highest BCUT2D eigenvalue weighted by Crippen LogP contribution is 2.23. The minimum absolute atomic E-state index is 0.0471. The lowest BCUT2D eigenvalue weighted by molar-refractivity contribution is -0.123. The molecule has 1 unspecified atom stereocenters. The van der Waals surface area contributed by atoms with Crippen LogP contribution in [-0.4, -0.2) is 31.6 Å². The summed E-state index contributed by atoms with van der Waals surface area (Å²) in [5, 5.41) is 5.86. The van der Waals surface area contributed by atoms with E-state index in [-0.39, 0.29) is 11.9 Å². The molecule has 6 nitrogen and oxygen atoms in total. The monoisotopic (exact) mass is 263 g/mol. The molecule has 1 amide bonds. The number of methoxy groups -OCH3 is 1. The quantitative estimate of drug-likeness (QED) is 0.552. The van der Waals surface area contributed by atoms with E-state index >= 15 is 0 Å². The maximum Gasteiger partial charge on any atom is 0.337 e. The SMILES string of the molecule is COC(=O)c1ccc(N)c(NC2CCCNC2=O)c1. The van der Waals surface area contributed by atoms with Gasteiger partial charge in [-0.2, -0.15) is 0 Å². The summed E-state index contributed by atoms with van der Waals surface area (Å²) < 4.78 is 4.66. The van der Waals surface area contributed by atoms with Crippen molar-refractivity contribution in [3.63, 3.8) is 0 Å². The molecule has 1 aromatic rings. The van der Waals surface area contributed by atoms with Crippen LogP contribution in [0.25, 0.3) is 0 Å². The first-order valence-corrected chi connectivity index (χ1v) is 6.14. The molecule has 102 valence electrons. The van der Waals surface area contributed by atoms with Crippen LogP contribution in [0.1, 0.15) is 23.2 Å². The number of hydrogen-bond donors (Lipinski definition) is 3. The predicted molar refractivity (Wildman–Crippen MR) is 71.8 cm³/mol. The Balaban J connectivity index is 2.18. The number of anilines is 2. The Morgan fingerprint density at radius 3 is 3.00 bits per heavy atom. The number of nitrogen functional groups attached to an aromatic ring is 1. The van der Waals surface area contributed by atoms with Crippen molar-refractivity contribution < 1.29 is 14.3 Å². The molecule has 4 N–H and O–H groups in total. The molecule has 1 atom stereocenters. The van der Waals surface area contributed by atoms with Gasteiger partial charge in [0.1, 0.15) is 6.04 Å². The van der Waals surface area contributed by atoms with Crippen molar-refractivity contribution >= 4 is 23.3 Å². The molecule has 0 bridgehead atoms. The van der Waals surface area contributed by atoms with E-state index in [9.17, 15) is 9.59 Å². The van der Waals surface area contributed by atoms with E-state index in [1.165, 1.54) is 7.11 Å². The Morgan fingerprint density at radius 1 is 1.53 bits per heavy atom. The summed E-state index contributed by atoms with van der Waals surface area (Å²) in [7, 11) is 1.32. The van der Waals surface area contributed by atoms with Crippen LogP contribution >= 0.6 is 0 Å². The van der Waals surface area contributed by atoms with E-state index in [2.05, 4.69) is 15.4 Å². The van der Waals surface area contributed by atoms with Gasteiger partial charge in [0, 0.05) is 6.54 Å². The Hall–Kier alpha value is -2.24. The van der Waals surface area contributed by atoms with Crippen LogP contribution in [-0.2, 0) is 9.53 Å². The molecule has 2 rings (SSSR count). The minimum atomic E-state index is -0.434. The molecular formula is C13H17N3O3. The molecule has 1 heterocycles. The smallest absolute Gasteiger partial charge is 0.337 e. The zero-order valence-electron chi connectivity index (χ0n) is 10.7. The van der Waals surface area contributed by atoms with Gasteiger partial charge < -0.3 is 21.1 Å². The first kappa shape index (κ1) is 13.2. The Bertz CT molecular complexity index is 502. The van der Waals surface area contributed by atoms with Crippen molar-refractivity contribution in [1.29, 1.82) is 0 Å². The summed E-state index contributed by atoms with van der Waals surface area (Å²) >= 11 is 0. The zero-order chi connectivity index (χ0) is 13.8. The summed E-state index contributed by atoms with van der Waals surface area (Å²) in [6.07, 6.45) is 1.66. The van der Waals surface area contributed by atoms with Crippen LogP contribution in [0.15, 0.2) is 18.2 Å². The molecular weight excluding hydrogens is 246 g/mol. The highest BCUT2D eigenvalue weighted by Gasteiger charge is 2.22. The Morgan fingerprint density at radius 2 is 2.32 bits per heavy atom. The van der Waals surface area contributed by atoms with Gasteiger partial charge in [0.2, 0.25) is 5.91 Å². The van der Waals surface area contributed by atoms with Gasteiger partial charge in [-0.05, 0) is 31.0 Å². The van der Waals surface area contributed by atoms with Crippen LogP contribution in [0.3, 0.4) is 0 Å². The Labute approximate surface area is 111 Å². The van der Waals surface area contributed by atoms with E-state index in [0.717, 1.165) is 12.8 Å². The third kappa shape index (κ3) is 2.96. The lowest BCUT2D eigenvalue weighted by Crippen LogP contribution is -2.44. The number of carbonyl (C=O) groups excluding carboxylic acids is 2. The maximum absolute atomic E-state index is 11.7. The molecule has 0 aromatic heterocycles. The van der Waals surface area contributed by atoms with Crippen molar-refractivity contribution in [1.82, 2.24) is 5.32 Å². The molecule has 1 aliphatic rings. The number of benzene rings is 1. The fourth-order valence-corrected chi connectivity index (χ4v) is 2.02. The van der Waals surface area contributed by atoms with Gasteiger partial charge in [-0.25, -0.2) is 4.79 Å². The fourth-order valence-electron chi connectivity index (χ4n) is 2.02. The van der Waals surface area contributed by atoms with Gasteiger partial charge in [0.25, 0.3) is 0 Å². The number of ether oxygens (including phenoxy) is 1. The van der Waals surface area contributed by atoms with Crippen LogP contribution in [0.4, 0.5) is 11.4 Å². The first-order valence-electron chi connectivity index (χ1n) is 6.14. The number of piperidine rings is 1. The molecule has 0 saturated carbocycles. The van der Waals surface area contributed by atoms with Crippen molar-refractivity contribution in [2.24, 2.45) is 0 Å². The van der Waals surface area contributed by atoms with Crippen LogP contribution in [0, 0.1) is 0 Å². The normalized spacial score (nSPS) is 18.6. The topological polar surface area (TPSA) is 93.4 Å². The van der Waals surface area contributed by atoms with Gasteiger partial charge in [-0.3, -0.25) is 4.79 Å². The van der Waals surface area contributed by atoms with Crippen molar-refractivity contribution in [3.8, 4) is 0 Å². The molecule has 6 heteroatoms. The summed E-state index contributed by atoms with van der Waals surface area (Å²) in [5.74, 6) is -0.481. The van der Waals surface area contributed by atoms with Crippen molar-refractivity contribution in [2.45, 2.75) is 18.9 Å². The maximum atomic E-state index is 11.7. The lowest BCUT2D eigenvalue weighted by Gasteiger charge is -2.24. The number of esters is 1. The van der Waals surface area contributed by atoms with Gasteiger partial charge in [0.05, 0.1) is 24.0 Å². The van der Waals surface area contributed by atoms with E-state index in [1.54, 1.807) is 18.2 Å². The number of nitrogens with one attached hydrogen (secondary N) is 2. The highest BCUT2D eigenvalue weighted by atomic mass is 16.5. The molecule has 1 saturated heterocycles. The van der Waals surface area contributed by atoms with Crippen LogP contribution < -0.4 is 16.4 Å². The average molecular weight is 263 g/mol. The van der Waals surface area contributed by atoms with E-state index in [0.29, 0.717) is 23.5 Å². The first-order chi connectivity index (χ1) is 9.11.